The van der Waals surface area contributed by atoms with E-state index in [4.69, 9.17) is 9.47 Å². The minimum Gasteiger partial charge on any atom is -0.454 e. The molecule has 0 saturated carbocycles. The number of nitrogens with zero attached hydrogens (tertiary/aromatic N) is 1. The normalized spacial score (nSPS) is 19.0. The molecular formula is C22H24FN3O6S. The van der Waals surface area contributed by atoms with E-state index in [2.05, 4.69) is 10.6 Å². The Bertz CT molecular complexity index is 1160. The Labute approximate surface area is 190 Å². The van der Waals surface area contributed by atoms with Crippen LogP contribution in [0.15, 0.2) is 47.4 Å². The molecule has 2 atom stereocenters. The monoisotopic (exact) mass is 477 g/mol. The van der Waals surface area contributed by atoms with Crippen molar-refractivity contribution < 1.29 is 31.9 Å². The van der Waals surface area contributed by atoms with E-state index in [0.29, 0.717) is 30.0 Å². The summed E-state index contributed by atoms with van der Waals surface area (Å²) in [6.45, 7) is 1.93. The molecule has 2 aliphatic rings. The van der Waals surface area contributed by atoms with Crippen LogP contribution in [0.4, 0.5) is 10.1 Å². The van der Waals surface area contributed by atoms with Gasteiger partial charge in [0.2, 0.25) is 28.6 Å². The second kappa shape index (κ2) is 9.36. The standard InChI is InChI=1S/C22H24FN3O6S/c1-14(21(27)25-17-6-9-19-20(11-17)32-13-31-19)24-22(28)15-3-2-10-26(12-15)33(29,30)18-7-4-16(23)5-8-18/h4-9,11,14-15H,2-3,10,12-13H2,1H3,(H,24,28)(H,25,27)/t14-,15-/m1/s1. The summed E-state index contributed by atoms with van der Waals surface area (Å²) in [5.74, 6) is -0.843. The largest absolute Gasteiger partial charge is 0.454 e. The molecule has 0 unspecified atom stereocenters. The number of benzene rings is 2. The zero-order valence-corrected chi connectivity index (χ0v) is 18.7. The molecule has 2 aromatic rings. The third-order valence-electron chi connectivity index (χ3n) is 5.60. The van der Waals surface area contributed by atoms with Crippen molar-refractivity contribution in [3.05, 3.63) is 48.3 Å². The highest BCUT2D eigenvalue weighted by molar-refractivity contribution is 7.89. The van der Waals surface area contributed by atoms with Gasteiger partial charge in [0.15, 0.2) is 11.5 Å². The predicted octanol–water partition coefficient (Wildman–Crippen LogP) is 2.10. The van der Waals surface area contributed by atoms with Crippen LogP contribution in [0.1, 0.15) is 19.8 Å². The van der Waals surface area contributed by atoms with Crippen LogP contribution in [0.25, 0.3) is 0 Å². The summed E-state index contributed by atoms with van der Waals surface area (Å²) in [7, 11) is -3.85. The lowest BCUT2D eigenvalue weighted by atomic mass is 9.98. The average Bonchev–Trinajstić information content (AvgIpc) is 3.27. The first-order valence-electron chi connectivity index (χ1n) is 10.5. The first-order chi connectivity index (χ1) is 15.7. The number of hydrogen-bond donors (Lipinski definition) is 2. The molecule has 0 aliphatic carbocycles. The van der Waals surface area contributed by atoms with Crippen molar-refractivity contribution in [1.29, 1.82) is 0 Å². The maximum Gasteiger partial charge on any atom is 0.246 e. The predicted molar refractivity (Wildman–Crippen MR) is 117 cm³/mol. The SMILES string of the molecule is C[C@@H](NC(=O)[C@@H]1CCCN(S(=O)(=O)c2ccc(F)cc2)C1)C(=O)Nc1ccc2c(c1)OCO2. The van der Waals surface area contributed by atoms with Gasteiger partial charge in [-0.3, -0.25) is 9.59 Å². The molecule has 33 heavy (non-hydrogen) atoms. The van der Waals surface area contributed by atoms with Crippen LogP contribution in [0.5, 0.6) is 11.5 Å². The number of piperidine rings is 1. The van der Waals surface area contributed by atoms with Crippen molar-refractivity contribution in [3.63, 3.8) is 0 Å². The molecule has 2 aliphatic heterocycles. The first kappa shape index (κ1) is 23.0. The van der Waals surface area contributed by atoms with Crippen molar-refractivity contribution in [3.8, 4) is 11.5 Å². The minimum absolute atomic E-state index is 0.0119. The highest BCUT2D eigenvalue weighted by atomic mass is 32.2. The molecule has 2 aromatic carbocycles. The smallest absolute Gasteiger partial charge is 0.246 e. The van der Waals surface area contributed by atoms with E-state index in [0.717, 1.165) is 12.1 Å². The molecule has 2 amide bonds. The number of halogens is 1. The van der Waals surface area contributed by atoms with Crippen molar-refractivity contribution in [1.82, 2.24) is 9.62 Å². The summed E-state index contributed by atoms with van der Waals surface area (Å²) >= 11 is 0. The summed E-state index contributed by atoms with van der Waals surface area (Å²) in [6, 6.07) is 8.72. The third-order valence-corrected chi connectivity index (χ3v) is 7.48. The van der Waals surface area contributed by atoms with E-state index < -0.39 is 39.6 Å². The second-order valence-corrected chi connectivity index (χ2v) is 9.88. The number of rotatable bonds is 6. The summed E-state index contributed by atoms with van der Waals surface area (Å²) in [6.07, 6.45) is 0.994. The van der Waals surface area contributed by atoms with Gasteiger partial charge in [0.25, 0.3) is 0 Å². The quantitative estimate of drug-likeness (QED) is 0.659. The summed E-state index contributed by atoms with van der Waals surface area (Å²) in [4.78, 5) is 25.3. The second-order valence-electron chi connectivity index (χ2n) is 7.94. The van der Waals surface area contributed by atoms with Gasteiger partial charge < -0.3 is 20.1 Å². The molecule has 1 saturated heterocycles. The lowest BCUT2D eigenvalue weighted by molar-refractivity contribution is -0.129. The Morgan fingerprint density at radius 2 is 1.85 bits per heavy atom. The van der Waals surface area contributed by atoms with Crippen LogP contribution >= 0.6 is 0 Å². The number of fused-ring (bicyclic) bond motifs is 1. The summed E-state index contributed by atoms with van der Waals surface area (Å²) in [5, 5.41) is 5.38. The van der Waals surface area contributed by atoms with Gasteiger partial charge in [-0.1, -0.05) is 0 Å². The van der Waals surface area contributed by atoms with Crippen LogP contribution in [-0.4, -0.2) is 50.5 Å². The van der Waals surface area contributed by atoms with Crippen LogP contribution in [0, 0.1) is 11.7 Å². The number of ether oxygens (including phenoxy) is 2. The van der Waals surface area contributed by atoms with Gasteiger partial charge in [0, 0.05) is 24.8 Å². The van der Waals surface area contributed by atoms with Gasteiger partial charge >= 0.3 is 0 Å². The van der Waals surface area contributed by atoms with E-state index in [1.54, 1.807) is 25.1 Å². The van der Waals surface area contributed by atoms with Gasteiger partial charge in [-0.25, -0.2) is 12.8 Å². The van der Waals surface area contributed by atoms with Crippen LogP contribution in [0.2, 0.25) is 0 Å². The van der Waals surface area contributed by atoms with Gasteiger partial charge in [-0.05, 0) is 56.2 Å². The van der Waals surface area contributed by atoms with Gasteiger partial charge in [0.05, 0.1) is 10.8 Å². The maximum atomic E-state index is 13.2. The zero-order chi connectivity index (χ0) is 23.6. The fraction of sp³-hybridized carbons (Fsp3) is 0.364. The van der Waals surface area contributed by atoms with E-state index in [-0.39, 0.29) is 24.8 Å². The third kappa shape index (κ3) is 5.09. The fourth-order valence-electron chi connectivity index (χ4n) is 3.75. The fourth-order valence-corrected chi connectivity index (χ4v) is 5.28. The molecular weight excluding hydrogens is 453 g/mol. The Morgan fingerprint density at radius 1 is 1.12 bits per heavy atom. The highest BCUT2D eigenvalue weighted by Crippen LogP contribution is 2.34. The zero-order valence-electron chi connectivity index (χ0n) is 17.9. The van der Waals surface area contributed by atoms with E-state index in [1.807, 2.05) is 0 Å². The van der Waals surface area contributed by atoms with Gasteiger partial charge in [0.1, 0.15) is 11.9 Å². The summed E-state index contributed by atoms with van der Waals surface area (Å²) < 4.78 is 50.6. The van der Waals surface area contributed by atoms with Gasteiger partial charge in [-0.15, -0.1) is 0 Å². The van der Waals surface area contributed by atoms with Crippen LogP contribution in [0.3, 0.4) is 0 Å². The molecule has 0 bridgehead atoms. The molecule has 2 N–H and O–H groups in total. The van der Waals surface area contributed by atoms with E-state index in [1.165, 1.54) is 16.4 Å². The van der Waals surface area contributed by atoms with Crippen LogP contribution in [-0.2, 0) is 19.6 Å². The van der Waals surface area contributed by atoms with Crippen molar-refractivity contribution >= 4 is 27.5 Å². The lowest BCUT2D eigenvalue weighted by Crippen LogP contribution is -2.49. The molecule has 176 valence electrons. The minimum atomic E-state index is -3.85. The Morgan fingerprint density at radius 3 is 2.61 bits per heavy atom. The molecule has 1 fully saturated rings. The van der Waals surface area contributed by atoms with Crippen molar-refractivity contribution in [2.75, 3.05) is 25.2 Å². The number of hydrogen-bond acceptors (Lipinski definition) is 6. The average molecular weight is 478 g/mol. The number of carbonyl (C=O) groups excluding carboxylic acids is 2. The first-order valence-corrected chi connectivity index (χ1v) is 11.9. The Balaban J connectivity index is 1.35. The van der Waals surface area contributed by atoms with Crippen molar-refractivity contribution in [2.45, 2.75) is 30.7 Å². The number of anilines is 1. The van der Waals surface area contributed by atoms with E-state index >= 15 is 0 Å². The Kier molecular flexibility index (Phi) is 6.52. The highest BCUT2D eigenvalue weighted by Gasteiger charge is 2.34. The Hall–Kier alpha value is -3.18. The lowest BCUT2D eigenvalue weighted by Gasteiger charge is -2.31. The molecule has 4 rings (SSSR count). The number of carbonyl (C=O) groups is 2. The van der Waals surface area contributed by atoms with Crippen LogP contribution < -0.4 is 20.1 Å². The molecule has 0 radical (unpaired) electrons. The molecule has 0 aromatic heterocycles. The number of amides is 2. The van der Waals surface area contributed by atoms with E-state index in [9.17, 15) is 22.4 Å². The maximum absolute atomic E-state index is 13.2. The summed E-state index contributed by atoms with van der Waals surface area (Å²) in [5.41, 5.74) is 0.500. The number of nitrogens with one attached hydrogen (secondary N) is 2. The van der Waals surface area contributed by atoms with Gasteiger partial charge in [-0.2, -0.15) is 4.31 Å². The molecule has 2 heterocycles. The molecule has 11 heteroatoms. The van der Waals surface area contributed by atoms with Crippen molar-refractivity contribution in [2.24, 2.45) is 5.92 Å². The molecule has 9 nitrogen and oxygen atoms in total. The topological polar surface area (TPSA) is 114 Å². The molecule has 0 spiro atoms. The number of sulfonamides is 1.